The predicted octanol–water partition coefficient (Wildman–Crippen LogP) is 3.27. The van der Waals surface area contributed by atoms with E-state index in [0.29, 0.717) is 6.42 Å². The Balaban J connectivity index is 1.79. The first kappa shape index (κ1) is 12.8. The molecule has 0 saturated carbocycles. The fourth-order valence-corrected chi connectivity index (χ4v) is 3.58. The quantitative estimate of drug-likeness (QED) is 0.742. The summed E-state index contributed by atoms with van der Waals surface area (Å²) in [5, 5.41) is 2.12. The number of likely N-dealkylation sites (tertiary alicyclic amines) is 1. The molecule has 2 aliphatic heterocycles. The van der Waals surface area contributed by atoms with Crippen LogP contribution in [0.4, 0.5) is 0 Å². The van der Waals surface area contributed by atoms with Crippen molar-refractivity contribution in [2.75, 3.05) is 20.1 Å². The van der Waals surface area contributed by atoms with Crippen molar-refractivity contribution in [2.24, 2.45) is 0 Å². The Bertz CT molecular complexity index is 714. The third-order valence-electron chi connectivity index (χ3n) is 4.88. The van der Waals surface area contributed by atoms with E-state index in [0.717, 1.165) is 48.0 Å². The lowest BCUT2D eigenvalue weighted by atomic mass is 9.81. The second-order valence-corrected chi connectivity index (χ2v) is 6.35. The molecule has 3 heteroatoms. The molecule has 108 valence electrons. The number of carbonyl (C=O) groups excluding carboxylic acids is 1. The van der Waals surface area contributed by atoms with E-state index < -0.39 is 0 Å². The fourth-order valence-electron chi connectivity index (χ4n) is 3.58. The Hall–Kier alpha value is -1.87. The number of hydrogen-bond donors (Lipinski definition) is 0. The van der Waals surface area contributed by atoms with E-state index in [1.807, 2.05) is 30.3 Å². The van der Waals surface area contributed by atoms with Crippen LogP contribution in [-0.2, 0) is 0 Å². The summed E-state index contributed by atoms with van der Waals surface area (Å²) in [7, 11) is 2.12. The van der Waals surface area contributed by atoms with Gasteiger partial charge in [0.25, 0.3) is 0 Å². The maximum absolute atomic E-state index is 12.8. The third-order valence-corrected chi connectivity index (χ3v) is 4.88. The van der Waals surface area contributed by atoms with Gasteiger partial charge < -0.3 is 9.64 Å². The SMILES string of the molecule is CN1CCC2(CC1)CC(=O)c1c(ccc3ccccc13)O2. The molecule has 0 unspecified atom stereocenters. The van der Waals surface area contributed by atoms with Crippen LogP contribution in [-0.4, -0.2) is 36.4 Å². The van der Waals surface area contributed by atoms with E-state index in [1.165, 1.54) is 0 Å². The molecule has 21 heavy (non-hydrogen) atoms. The van der Waals surface area contributed by atoms with Gasteiger partial charge in [0.15, 0.2) is 5.78 Å². The van der Waals surface area contributed by atoms with Gasteiger partial charge in [-0.1, -0.05) is 30.3 Å². The summed E-state index contributed by atoms with van der Waals surface area (Å²) in [4.78, 5) is 15.1. The molecular weight excluding hydrogens is 262 g/mol. The monoisotopic (exact) mass is 281 g/mol. The van der Waals surface area contributed by atoms with E-state index in [1.54, 1.807) is 0 Å². The lowest BCUT2D eigenvalue weighted by Crippen LogP contribution is -2.50. The molecule has 0 bridgehead atoms. The van der Waals surface area contributed by atoms with Gasteiger partial charge in [-0.05, 0) is 23.9 Å². The number of ketones is 1. The van der Waals surface area contributed by atoms with Gasteiger partial charge in [0.2, 0.25) is 0 Å². The molecule has 1 fully saturated rings. The zero-order valence-corrected chi connectivity index (χ0v) is 12.3. The van der Waals surface area contributed by atoms with Gasteiger partial charge in [0, 0.05) is 25.9 Å². The zero-order valence-electron chi connectivity index (χ0n) is 12.3. The van der Waals surface area contributed by atoms with Crippen LogP contribution >= 0.6 is 0 Å². The number of nitrogens with zero attached hydrogens (tertiary/aromatic N) is 1. The Morgan fingerprint density at radius 3 is 2.67 bits per heavy atom. The van der Waals surface area contributed by atoms with Gasteiger partial charge in [-0.2, -0.15) is 0 Å². The lowest BCUT2D eigenvalue weighted by molar-refractivity contribution is -0.00339. The zero-order chi connectivity index (χ0) is 14.4. The smallest absolute Gasteiger partial charge is 0.171 e. The van der Waals surface area contributed by atoms with Crippen molar-refractivity contribution in [3.8, 4) is 5.75 Å². The average Bonchev–Trinajstić information content (AvgIpc) is 2.50. The van der Waals surface area contributed by atoms with Gasteiger partial charge in [0.1, 0.15) is 11.4 Å². The molecule has 0 radical (unpaired) electrons. The number of rotatable bonds is 0. The summed E-state index contributed by atoms with van der Waals surface area (Å²) in [6.45, 7) is 1.99. The molecule has 0 N–H and O–H groups in total. The molecule has 0 aliphatic carbocycles. The highest BCUT2D eigenvalue weighted by Gasteiger charge is 2.42. The number of fused-ring (bicyclic) bond motifs is 3. The molecule has 2 heterocycles. The standard InChI is InChI=1S/C18H19NO2/c1-19-10-8-18(9-11-19)12-15(20)17-14-5-3-2-4-13(14)6-7-16(17)21-18/h2-7H,8-12H2,1H3. The first-order chi connectivity index (χ1) is 10.2. The third kappa shape index (κ3) is 2.04. The van der Waals surface area contributed by atoms with Crippen molar-refractivity contribution < 1.29 is 9.53 Å². The number of benzene rings is 2. The number of carbonyl (C=O) groups is 1. The van der Waals surface area contributed by atoms with Crippen LogP contribution in [0.3, 0.4) is 0 Å². The molecule has 4 rings (SSSR count). The van der Waals surface area contributed by atoms with E-state index >= 15 is 0 Å². The minimum absolute atomic E-state index is 0.234. The van der Waals surface area contributed by atoms with Gasteiger partial charge in [-0.25, -0.2) is 0 Å². The maximum atomic E-state index is 12.8. The van der Waals surface area contributed by atoms with Crippen LogP contribution in [0.1, 0.15) is 29.6 Å². The molecule has 2 aromatic rings. The number of ether oxygens (including phenoxy) is 1. The normalized spacial score (nSPS) is 21.3. The molecule has 0 amide bonds. The van der Waals surface area contributed by atoms with Crippen molar-refractivity contribution >= 4 is 16.6 Å². The summed E-state index contributed by atoms with van der Waals surface area (Å²) < 4.78 is 6.34. The number of piperidine rings is 1. The highest BCUT2D eigenvalue weighted by Crippen LogP contribution is 2.41. The molecule has 3 nitrogen and oxygen atoms in total. The summed E-state index contributed by atoms with van der Waals surface area (Å²) in [6, 6.07) is 12.1. The van der Waals surface area contributed by atoms with E-state index in [2.05, 4.69) is 18.0 Å². The summed E-state index contributed by atoms with van der Waals surface area (Å²) in [5.41, 5.74) is 0.497. The molecule has 0 aromatic heterocycles. The van der Waals surface area contributed by atoms with E-state index in [9.17, 15) is 4.79 Å². The molecular formula is C18H19NO2. The minimum Gasteiger partial charge on any atom is -0.486 e. The van der Waals surface area contributed by atoms with Crippen molar-refractivity contribution in [3.05, 3.63) is 42.0 Å². The van der Waals surface area contributed by atoms with Crippen LogP contribution in [0.25, 0.3) is 10.8 Å². The van der Waals surface area contributed by atoms with Crippen LogP contribution in [0.5, 0.6) is 5.75 Å². The number of hydrogen-bond acceptors (Lipinski definition) is 3. The van der Waals surface area contributed by atoms with Crippen LogP contribution in [0.15, 0.2) is 36.4 Å². The van der Waals surface area contributed by atoms with E-state index in [4.69, 9.17) is 4.74 Å². The molecule has 0 atom stereocenters. The van der Waals surface area contributed by atoms with Crippen LogP contribution in [0, 0.1) is 0 Å². The summed E-state index contributed by atoms with van der Waals surface area (Å²) in [6.07, 6.45) is 2.38. The fraction of sp³-hybridized carbons (Fsp3) is 0.389. The van der Waals surface area contributed by atoms with Crippen molar-refractivity contribution in [1.29, 1.82) is 0 Å². The second-order valence-electron chi connectivity index (χ2n) is 6.35. The maximum Gasteiger partial charge on any atom is 0.171 e. The van der Waals surface area contributed by atoms with Crippen LogP contribution in [0.2, 0.25) is 0 Å². The van der Waals surface area contributed by atoms with Crippen molar-refractivity contribution in [3.63, 3.8) is 0 Å². The Morgan fingerprint density at radius 2 is 1.86 bits per heavy atom. The topological polar surface area (TPSA) is 29.5 Å². The summed E-state index contributed by atoms with van der Waals surface area (Å²) in [5.74, 6) is 1.01. The highest BCUT2D eigenvalue weighted by atomic mass is 16.5. The minimum atomic E-state index is -0.279. The Labute approximate surface area is 124 Å². The second kappa shape index (κ2) is 4.57. The lowest BCUT2D eigenvalue weighted by Gasteiger charge is -2.43. The molecule has 1 spiro atoms. The Morgan fingerprint density at radius 1 is 1.10 bits per heavy atom. The van der Waals surface area contributed by atoms with Crippen LogP contribution < -0.4 is 4.74 Å². The number of Topliss-reactive ketones (excluding diaryl/α,β-unsaturated/α-hetero) is 1. The van der Waals surface area contributed by atoms with E-state index in [-0.39, 0.29) is 11.4 Å². The van der Waals surface area contributed by atoms with Gasteiger partial charge in [-0.3, -0.25) is 4.79 Å². The largest absolute Gasteiger partial charge is 0.486 e. The Kier molecular flexibility index (Phi) is 2.79. The van der Waals surface area contributed by atoms with Gasteiger partial charge >= 0.3 is 0 Å². The summed E-state index contributed by atoms with van der Waals surface area (Å²) >= 11 is 0. The highest BCUT2D eigenvalue weighted by molar-refractivity contribution is 6.11. The van der Waals surface area contributed by atoms with Gasteiger partial charge in [-0.15, -0.1) is 0 Å². The predicted molar refractivity (Wildman–Crippen MR) is 83.0 cm³/mol. The first-order valence-corrected chi connectivity index (χ1v) is 7.59. The average molecular weight is 281 g/mol. The first-order valence-electron chi connectivity index (χ1n) is 7.59. The van der Waals surface area contributed by atoms with Crippen molar-refractivity contribution in [1.82, 2.24) is 4.90 Å². The molecule has 1 saturated heterocycles. The molecule has 2 aliphatic rings. The van der Waals surface area contributed by atoms with Gasteiger partial charge in [0.05, 0.1) is 12.0 Å². The molecule has 2 aromatic carbocycles. The van der Waals surface area contributed by atoms with Crippen molar-refractivity contribution in [2.45, 2.75) is 24.9 Å².